The average Bonchev–Trinajstić information content (AvgIpc) is 2.26. The smallest absolute Gasteiger partial charge is 0.337 e. The Kier molecular flexibility index (Phi) is 3.72. The number of aliphatic hydroxyl groups excluding tert-OH is 1. The van der Waals surface area contributed by atoms with E-state index in [0.29, 0.717) is 11.3 Å². The van der Waals surface area contributed by atoms with Gasteiger partial charge in [-0.1, -0.05) is 18.1 Å². The van der Waals surface area contributed by atoms with E-state index in [1.165, 1.54) is 12.1 Å². The molecule has 0 saturated heterocycles. The first-order chi connectivity index (χ1) is 7.15. The van der Waals surface area contributed by atoms with Gasteiger partial charge in [0.1, 0.15) is 12.4 Å². The molecule has 1 unspecified atom stereocenters. The van der Waals surface area contributed by atoms with Crippen molar-refractivity contribution in [3.05, 3.63) is 29.8 Å². The third-order valence-corrected chi connectivity index (χ3v) is 1.75. The molecule has 1 aromatic carbocycles. The molecule has 78 valence electrons. The maximum absolute atomic E-state index is 10.4. The number of benzene rings is 1. The first-order valence-corrected chi connectivity index (χ1v) is 4.22. The summed E-state index contributed by atoms with van der Waals surface area (Å²) in [5.41, 5.74) is 0.301. The SMILES string of the molecule is C#CCOc1ccc(C(O)C(=O)O)cc1. The quantitative estimate of drug-likeness (QED) is 0.715. The van der Waals surface area contributed by atoms with E-state index in [2.05, 4.69) is 5.92 Å². The predicted molar refractivity (Wildman–Crippen MR) is 53.4 cm³/mol. The van der Waals surface area contributed by atoms with Crippen LogP contribution in [-0.2, 0) is 4.79 Å². The standard InChI is InChI=1S/C11H10O4/c1-2-7-15-9-5-3-8(4-6-9)10(12)11(13)14/h1,3-6,10,12H,7H2,(H,13,14). The van der Waals surface area contributed by atoms with Crippen molar-refractivity contribution in [1.29, 1.82) is 0 Å². The highest BCUT2D eigenvalue weighted by molar-refractivity contribution is 5.74. The number of terminal acetylenes is 1. The molecule has 0 aromatic heterocycles. The molecule has 0 aliphatic rings. The lowest BCUT2D eigenvalue weighted by Gasteiger charge is -2.07. The van der Waals surface area contributed by atoms with Gasteiger partial charge in [0, 0.05) is 0 Å². The number of aliphatic hydroxyl groups is 1. The van der Waals surface area contributed by atoms with Crippen molar-refractivity contribution < 1.29 is 19.7 Å². The third-order valence-electron chi connectivity index (χ3n) is 1.75. The van der Waals surface area contributed by atoms with Gasteiger partial charge in [-0.2, -0.15) is 0 Å². The second-order valence-electron chi connectivity index (χ2n) is 2.80. The molecular weight excluding hydrogens is 196 g/mol. The fourth-order valence-electron chi connectivity index (χ4n) is 1.01. The van der Waals surface area contributed by atoms with Gasteiger partial charge < -0.3 is 14.9 Å². The fraction of sp³-hybridized carbons (Fsp3) is 0.182. The Morgan fingerprint density at radius 1 is 1.47 bits per heavy atom. The third kappa shape index (κ3) is 3.01. The number of rotatable bonds is 4. The molecular formula is C11H10O4. The van der Waals surface area contributed by atoms with Crippen LogP contribution in [-0.4, -0.2) is 22.8 Å². The van der Waals surface area contributed by atoms with Gasteiger partial charge in [0.2, 0.25) is 0 Å². The van der Waals surface area contributed by atoms with Crippen LogP contribution < -0.4 is 4.74 Å². The first kappa shape index (κ1) is 11.1. The summed E-state index contributed by atoms with van der Waals surface area (Å²) < 4.78 is 5.09. The summed E-state index contributed by atoms with van der Waals surface area (Å²) in [6.07, 6.45) is 3.49. The van der Waals surface area contributed by atoms with E-state index >= 15 is 0 Å². The zero-order chi connectivity index (χ0) is 11.3. The van der Waals surface area contributed by atoms with Crippen molar-refractivity contribution in [3.63, 3.8) is 0 Å². The highest BCUT2D eigenvalue weighted by Crippen LogP contribution is 2.17. The van der Waals surface area contributed by atoms with Gasteiger partial charge in [0.25, 0.3) is 0 Å². The molecule has 4 heteroatoms. The second kappa shape index (κ2) is 5.03. The van der Waals surface area contributed by atoms with Crippen molar-refractivity contribution in [2.24, 2.45) is 0 Å². The topological polar surface area (TPSA) is 66.8 Å². The summed E-state index contributed by atoms with van der Waals surface area (Å²) in [4.78, 5) is 10.4. The van der Waals surface area contributed by atoms with Crippen LogP contribution in [0.25, 0.3) is 0 Å². The number of aliphatic carboxylic acids is 1. The summed E-state index contributed by atoms with van der Waals surface area (Å²) in [6.45, 7) is 0.154. The Morgan fingerprint density at radius 2 is 2.07 bits per heavy atom. The van der Waals surface area contributed by atoms with Crippen LogP contribution in [0.5, 0.6) is 5.75 Å². The van der Waals surface area contributed by atoms with Crippen LogP contribution in [0.3, 0.4) is 0 Å². The Balaban J connectivity index is 2.72. The lowest BCUT2D eigenvalue weighted by Crippen LogP contribution is -2.10. The van der Waals surface area contributed by atoms with Gasteiger partial charge in [-0.05, 0) is 17.7 Å². The summed E-state index contributed by atoms with van der Waals surface area (Å²) in [7, 11) is 0. The summed E-state index contributed by atoms with van der Waals surface area (Å²) in [5.74, 6) is 1.56. The molecule has 0 fully saturated rings. The molecule has 2 N–H and O–H groups in total. The zero-order valence-corrected chi connectivity index (χ0v) is 7.88. The number of ether oxygens (including phenoxy) is 1. The molecule has 0 aliphatic carbocycles. The van der Waals surface area contributed by atoms with Crippen molar-refractivity contribution in [2.75, 3.05) is 6.61 Å². The van der Waals surface area contributed by atoms with E-state index in [1.54, 1.807) is 12.1 Å². The molecule has 0 amide bonds. The largest absolute Gasteiger partial charge is 0.481 e. The molecule has 1 rings (SSSR count). The van der Waals surface area contributed by atoms with Crippen molar-refractivity contribution in [3.8, 4) is 18.1 Å². The fourth-order valence-corrected chi connectivity index (χ4v) is 1.01. The number of carboxylic acid groups (broad SMARTS) is 1. The van der Waals surface area contributed by atoms with Crippen LogP contribution in [0.1, 0.15) is 11.7 Å². The van der Waals surface area contributed by atoms with E-state index in [-0.39, 0.29) is 6.61 Å². The summed E-state index contributed by atoms with van der Waals surface area (Å²) >= 11 is 0. The van der Waals surface area contributed by atoms with Crippen LogP contribution in [0.4, 0.5) is 0 Å². The Labute approximate surface area is 87.1 Å². The van der Waals surface area contributed by atoms with E-state index in [0.717, 1.165) is 0 Å². The number of carboxylic acids is 1. The Bertz CT molecular complexity index is 375. The van der Waals surface area contributed by atoms with E-state index in [4.69, 9.17) is 16.3 Å². The second-order valence-corrected chi connectivity index (χ2v) is 2.80. The maximum atomic E-state index is 10.4. The number of hydrogen-bond acceptors (Lipinski definition) is 3. The summed E-state index contributed by atoms with van der Waals surface area (Å²) in [5, 5.41) is 17.7. The van der Waals surface area contributed by atoms with Crippen LogP contribution in [0, 0.1) is 12.3 Å². The highest BCUT2D eigenvalue weighted by atomic mass is 16.5. The van der Waals surface area contributed by atoms with Gasteiger partial charge in [-0.3, -0.25) is 0 Å². The van der Waals surface area contributed by atoms with Gasteiger partial charge in [0.05, 0.1) is 0 Å². The molecule has 0 heterocycles. The van der Waals surface area contributed by atoms with Crippen LogP contribution >= 0.6 is 0 Å². The molecule has 0 aliphatic heterocycles. The summed E-state index contributed by atoms with van der Waals surface area (Å²) in [6, 6.07) is 6.06. The number of carbonyl (C=O) groups is 1. The molecule has 15 heavy (non-hydrogen) atoms. The van der Waals surface area contributed by atoms with Crippen molar-refractivity contribution >= 4 is 5.97 Å². The molecule has 0 radical (unpaired) electrons. The van der Waals surface area contributed by atoms with Gasteiger partial charge in [-0.15, -0.1) is 6.42 Å². The van der Waals surface area contributed by atoms with Crippen LogP contribution in [0.2, 0.25) is 0 Å². The van der Waals surface area contributed by atoms with E-state index in [1.807, 2.05) is 0 Å². The molecule has 4 nitrogen and oxygen atoms in total. The normalized spacial score (nSPS) is 11.5. The van der Waals surface area contributed by atoms with Gasteiger partial charge in [0.15, 0.2) is 6.10 Å². The molecule has 0 bridgehead atoms. The Morgan fingerprint density at radius 3 is 2.53 bits per heavy atom. The minimum absolute atomic E-state index is 0.154. The zero-order valence-electron chi connectivity index (χ0n) is 7.88. The monoisotopic (exact) mass is 206 g/mol. The maximum Gasteiger partial charge on any atom is 0.337 e. The minimum Gasteiger partial charge on any atom is -0.481 e. The number of hydrogen-bond donors (Lipinski definition) is 2. The highest BCUT2D eigenvalue weighted by Gasteiger charge is 2.15. The van der Waals surface area contributed by atoms with Crippen molar-refractivity contribution in [2.45, 2.75) is 6.10 Å². The first-order valence-electron chi connectivity index (χ1n) is 4.22. The lowest BCUT2D eigenvalue weighted by atomic mass is 10.1. The predicted octanol–water partition coefficient (Wildman–Crippen LogP) is 0.817. The molecule has 1 aromatic rings. The lowest BCUT2D eigenvalue weighted by molar-refractivity contribution is -0.146. The molecule has 0 spiro atoms. The van der Waals surface area contributed by atoms with Crippen molar-refractivity contribution in [1.82, 2.24) is 0 Å². The average molecular weight is 206 g/mol. The molecule has 0 saturated carbocycles. The van der Waals surface area contributed by atoms with Crippen LogP contribution in [0.15, 0.2) is 24.3 Å². The van der Waals surface area contributed by atoms with E-state index < -0.39 is 12.1 Å². The van der Waals surface area contributed by atoms with Gasteiger partial charge >= 0.3 is 5.97 Å². The minimum atomic E-state index is -1.51. The van der Waals surface area contributed by atoms with E-state index in [9.17, 15) is 9.90 Å². The molecule has 1 atom stereocenters. The Hall–Kier alpha value is -1.99. The van der Waals surface area contributed by atoms with Gasteiger partial charge in [-0.25, -0.2) is 4.79 Å².